The minimum Gasteiger partial charge on any atom is -0.494 e. The van der Waals surface area contributed by atoms with Gasteiger partial charge in [-0.3, -0.25) is 4.90 Å². The minimum absolute atomic E-state index is 0.141. The van der Waals surface area contributed by atoms with Crippen molar-refractivity contribution in [2.24, 2.45) is 0 Å². The van der Waals surface area contributed by atoms with Crippen LogP contribution < -0.4 is 4.74 Å². The molecule has 1 saturated heterocycles. The molecule has 0 bridgehead atoms. The number of rotatable bonds is 7. The van der Waals surface area contributed by atoms with Crippen molar-refractivity contribution in [2.45, 2.75) is 19.8 Å². The maximum Gasteiger partial charge on any atom is 0.226 e. The Morgan fingerprint density at radius 3 is 2.65 bits per heavy atom. The average molecular weight is 318 g/mol. The lowest BCUT2D eigenvalue weighted by atomic mass is 10.2. The number of likely N-dealkylation sites (N-methyl/N-ethyl adjacent to an activating group) is 1. The summed E-state index contributed by atoms with van der Waals surface area (Å²) in [4.78, 5) is 6.65. The summed E-state index contributed by atoms with van der Waals surface area (Å²) in [5.41, 5.74) is 1.82. The molecule has 1 aliphatic heterocycles. The topological polar surface area (TPSA) is 57.0 Å². The van der Waals surface area contributed by atoms with Gasteiger partial charge < -0.3 is 18.6 Å². The first-order valence-electron chi connectivity index (χ1n) is 7.84. The lowest BCUT2D eigenvalue weighted by Crippen LogP contribution is -2.29. The predicted octanol–water partition coefficient (Wildman–Crippen LogP) is 2.55. The van der Waals surface area contributed by atoms with Crippen molar-refractivity contribution in [3.63, 3.8) is 0 Å². The number of hydrogen-bond donors (Lipinski definition) is 0. The van der Waals surface area contributed by atoms with Gasteiger partial charge in [0.2, 0.25) is 5.89 Å². The van der Waals surface area contributed by atoms with Crippen LogP contribution in [-0.2, 0) is 16.0 Å². The number of aromatic nitrogens is 1. The van der Waals surface area contributed by atoms with Crippen LogP contribution in [-0.4, -0.2) is 49.6 Å². The quantitative estimate of drug-likeness (QED) is 0.782. The summed E-state index contributed by atoms with van der Waals surface area (Å²) < 4.78 is 21.9. The summed E-state index contributed by atoms with van der Waals surface area (Å²) in [6, 6.07) is 7.74. The molecule has 0 radical (unpaired) electrons. The Labute approximate surface area is 136 Å². The molecule has 0 amide bonds. The summed E-state index contributed by atoms with van der Waals surface area (Å²) in [5.74, 6) is 1.46. The molecule has 23 heavy (non-hydrogen) atoms. The Hall–Kier alpha value is -1.89. The maximum atomic E-state index is 5.58. The van der Waals surface area contributed by atoms with Gasteiger partial charge >= 0.3 is 0 Å². The molecule has 0 aliphatic carbocycles. The second kappa shape index (κ2) is 7.59. The monoisotopic (exact) mass is 318 g/mol. The van der Waals surface area contributed by atoms with E-state index in [1.165, 1.54) is 0 Å². The van der Waals surface area contributed by atoms with E-state index >= 15 is 0 Å². The third-order valence-corrected chi connectivity index (χ3v) is 3.55. The van der Waals surface area contributed by atoms with E-state index in [9.17, 15) is 0 Å². The van der Waals surface area contributed by atoms with Crippen LogP contribution in [0.2, 0.25) is 0 Å². The number of benzene rings is 1. The van der Waals surface area contributed by atoms with E-state index in [-0.39, 0.29) is 6.29 Å². The lowest BCUT2D eigenvalue weighted by molar-refractivity contribution is -0.0593. The Morgan fingerprint density at radius 2 is 1.96 bits per heavy atom. The molecule has 2 aromatic rings. The van der Waals surface area contributed by atoms with Gasteiger partial charge in [0, 0.05) is 18.7 Å². The Morgan fingerprint density at radius 1 is 1.22 bits per heavy atom. The highest BCUT2D eigenvalue weighted by molar-refractivity contribution is 5.54. The molecule has 124 valence electrons. The van der Waals surface area contributed by atoms with E-state index in [2.05, 4.69) is 9.88 Å². The zero-order valence-electron chi connectivity index (χ0n) is 13.5. The van der Waals surface area contributed by atoms with Gasteiger partial charge in [-0.15, -0.1) is 0 Å². The van der Waals surface area contributed by atoms with Crippen LogP contribution in [0.15, 0.2) is 34.9 Å². The second-order valence-corrected chi connectivity index (χ2v) is 5.47. The molecule has 1 fully saturated rings. The molecular formula is C17H22N2O4. The first-order chi connectivity index (χ1) is 11.2. The standard InChI is InChI=1S/C17H22N2O4/c1-3-20-15-6-4-13(5-7-15)17-18-14(12-23-17)10-19(2)11-16-21-8-9-22-16/h4-7,12,16H,3,8-11H2,1-2H3. The predicted molar refractivity (Wildman–Crippen MR) is 85.1 cm³/mol. The van der Waals surface area contributed by atoms with Gasteiger partial charge in [0.1, 0.15) is 12.0 Å². The van der Waals surface area contributed by atoms with Crippen LogP contribution >= 0.6 is 0 Å². The van der Waals surface area contributed by atoms with E-state index in [0.717, 1.165) is 17.0 Å². The molecule has 1 aromatic carbocycles. The summed E-state index contributed by atoms with van der Waals surface area (Å²) >= 11 is 0. The fourth-order valence-electron chi connectivity index (χ4n) is 2.48. The summed E-state index contributed by atoms with van der Waals surface area (Å²) in [5, 5.41) is 0. The van der Waals surface area contributed by atoms with Crippen LogP contribution in [0, 0.1) is 0 Å². The highest BCUT2D eigenvalue weighted by Gasteiger charge is 2.18. The Bertz CT molecular complexity index is 605. The average Bonchev–Trinajstić information content (AvgIpc) is 3.20. The maximum absolute atomic E-state index is 5.58. The fourth-order valence-corrected chi connectivity index (χ4v) is 2.48. The van der Waals surface area contributed by atoms with E-state index < -0.39 is 0 Å². The molecule has 6 heteroatoms. The molecule has 1 aromatic heterocycles. The van der Waals surface area contributed by atoms with Crippen molar-refractivity contribution in [3.8, 4) is 17.2 Å². The normalized spacial score (nSPS) is 15.4. The second-order valence-electron chi connectivity index (χ2n) is 5.47. The molecular weight excluding hydrogens is 296 g/mol. The summed E-state index contributed by atoms with van der Waals surface area (Å²) in [6.07, 6.45) is 1.55. The van der Waals surface area contributed by atoms with Gasteiger partial charge in [-0.25, -0.2) is 4.98 Å². The summed E-state index contributed by atoms with van der Waals surface area (Å²) in [6.45, 7) is 5.36. The van der Waals surface area contributed by atoms with Crippen LogP contribution in [0.4, 0.5) is 0 Å². The fraction of sp³-hybridized carbons (Fsp3) is 0.471. The third-order valence-electron chi connectivity index (χ3n) is 3.55. The number of hydrogen-bond acceptors (Lipinski definition) is 6. The zero-order chi connectivity index (χ0) is 16.1. The van der Waals surface area contributed by atoms with Crippen LogP contribution in [0.3, 0.4) is 0 Å². The number of ether oxygens (including phenoxy) is 3. The van der Waals surface area contributed by atoms with E-state index in [4.69, 9.17) is 18.6 Å². The molecule has 0 unspecified atom stereocenters. The summed E-state index contributed by atoms with van der Waals surface area (Å²) in [7, 11) is 2.01. The smallest absolute Gasteiger partial charge is 0.226 e. The van der Waals surface area contributed by atoms with Gasteiger partial charge in [-0.1, -0.05) is 0 Å². The van der Waals surface area contributed by atoms with E-state index in [1.807, 2.05) is 38.2 Å². The molecule has 2 heterocycles. The largest absolute Gasteiger partial charge is 0.494 e. The first kappa shape index (κ1) is 16.0. The molecule has 0 N–H and O–H groups in total. The van der Waals surface area contributed by atoms with Crippen molar-refractivity contribution in [1.82, 2.24) is 9.88 Å². The van der Waals surface area contributed by atoms with Crippen molar-refractivity contribution >= 4 is 0 Å². The molecule has 0 spiro atoms. The Balaban J connectivity index is 1.58. The highest BCUT2D eigenvalue weighted by Crippen LogP contribution is 2.22. The van der Waals surface area contributed by atoms with E-state index in [0.29, 0.717) is 38.8 Å². The molecule has 0 saturated carbocycles. The van der Waals surface area contributed by atoms with Crippen molar-refractivity contribution in [1.29, 1.82) is 0 Å². The van der Waals surface area contributed by atoms with Crippen molar-refractivity contribution < 1.29 is 18.6 Å². The Kier molecular flexibility index (Phi) is 5.27. The van der Waals surface area contributed by atoms with Crippen LogP contribution in [0.1, 0.15) is 12.6 Å². The third kappa shape index (κ3) is 4.31. The molecule has 0 atom stereocenters. The lowest BCUT2D eigenvalue weighted by Gasteiger charge is -2.18. The van der Waals surface area contributed by atoms with Gasteiger partial charge in [-0.2, -0.15) is 0 Å². The minimum atomic E-state index is -0.141. The molecule has 1 aliphatic rings. The van der Waals surface area contributed by atoms with Crippen LogP contribution in [0.5, 0.6) is 5.75 Å². The van der Waals surface area contributed by atoms with Crippen molar-refractivity contribution in [3.05, 3.63) is 36.2 Å². The van der Waals surface area contributed by atoms with Crippen molar-refractivity contribution in [2.75, 3.05) is 33.4 Å². The van der Waals surface area contributed by atoms with E-state index in [1.54, 1.807) is 6.26 Å². The van der Waals surface area contributed by atoms with Crippen LogP contribution in [0.25, 0.3) is 11.5 Å². The molecule has 3 rings (SSSR count). The highest BCUT2D eigenvalue weighted by atomic mass is 16.7. The number of nitrogens with zero attached hydrogens (tertiary/aromatic N) is 2. The van der Waals surface area contributed by atoms with Gasteiger partial charge in [0.25, 0.3) is 0 Å². The SMILES string of the molecule is CCOc1ccc(-c2nc(CN(C)CC3OCCO3)co2)cc1. The van der Waals surface area contributed by atoms with Gasteiger partial charge in [-0.05, 0) is 38.2 Å². The van der Waals surface area contributed by atoms with Gasteiger partial charge in [0.15, 0.2) is 6.29 Å². The molecule has 6 nitrogen and oxygen atoms in total. The van der Waals surface area contributed by atoms with Gasteiger partial charge in [0.05, 0.1) is 25.5 Å². The zero-order valence-corrected chi connectivity index (χ0v) is 13.5. The first-order valence-corrected chi connectivity index (χ1v) is 7.84. The number of oxazole rings is 1.